The molecule has 0 radical (unpaired) electrons. The molecule has 0 spiro atoms. The predicted octanol–water partition coefficient (Wildman–Crippen LogP) is 1.63. The van der Waals surface area contributed by atoms with E-state index in [1.807, 2.05) is 13.1 Å². The number of carbonyl (C=O) groups is 1. The predicted molar refractivity (Wildman–Crippen MR) is 65.4 cm³/mol. The highest BCUT2D eigenvalue weighted by Crippen LogP contribution is 2.17. The zero-order valence-corrected chi connectivity index (χ0v) is 10.3. The Morgan fingerprint density at radius 1 is 1.53 bits per heavy atom. The second kappa shape index (κ2) is 5.87. The average Bonchev–Trinajstić information content (AvgIpc) is 2.68. The van der Waals surface area contributed by atoms with Crippen LogP contribution < -0.4 is 5.32 Å². The molecule has 1 saturated heterocycles. The Bertz CT molecular complexity index is 340. The summed E-state index contributed by atoms with van der Waals surface area (Å²) in [6.07, 6.45) is 6.38. The normalized spacial score (nSPS) is 20.9. The first-order valence-corrected chi connectivity index (χ1v) is 6.24. The van der Waals surface area contributed by atoms with Crippen LogP contribution in [0.15, 0.2) is 23.0 Å². The van der Waals surface area contributed by atoms with Crippen LogP contribution in [0, 0.1) is 5.92 Å². The van der Waals surface area contributed by atoms with Gasteiger partial charge in [-0.1, -0.05) is 0 Å². The molecule has 1 unspecified atom stereocenters. The number of amides is 1. The van der Waals surface area contributed by atoms with Crippen molar-refractivity contribution in [1.29, 1.82) is 0 Å². The molecule has 1 amide bonds. The van der Waals surface area contributed by atoms with Gasteiger partial charge in [-0.15, -0.1) is 0 Å². The lowest BCUT2D eigenvalue weighted by molar-refractivity contribution is -0.135. The van der Waals surface area contributed by atoms with Gasteiger partial charge >= 0.3 is 0 Å². The van der Waals surface area contributed by atoms with E-state index in [4.69, 9.17) is 4.42 Å². The molecule has 2 heterocycles. The fourth-order valence-corrected chi connectivity index (χ4v) is 2.31. The van der Waals surface area contributed by atoms with E-state index in [9.17, 15) is 4.79 Å². The molecule has 0 bridgehead atoms. The third kappa shape index (κ3) is 3.33. The Balaban J connectivity index is 1.89. The monoisotopic (exact) mass is 236 g/mol. The summed E-state index contributed by atoms with van der Waals surface area (Å²) in [4.78, 5) is 14.1. The van der Waals surface area contributed by atoms with E-state index in [2.05, 4.69) is 5.32 Å². The van der Waals surface area contributed by atoms with Gasteiger partial charge < -0.3 is 14.6 Å². The maximum Gasteiger partial charge on any atom is 0.225 e. The largest absolute Gasteiger partial charge is 0.472 e. The molecule has 94 valence electrons. The van der Waals surface area contributed by atoms with Crippen molar-refractivity contribution in [3.05, 3.63) is 24.2 Å². The zero-order valence-electron chi connectivity index (χ0n) is 10.3. The van der Waals surface area contributed by atoms with Crippen molar-refractivity contribution in [2.45, 2.75) is 25.8 Å². The van der Waals surface area contributed by atoms with E-state index in [-0.39, 0.29) is 11.8 Å². The molecule has 2 rings (SSSR count). The molecule has 1 aliphatic rings. The highest BCUT2D eigenvalue weighted by molar-refractivity contribution is 5.78. The van der Waals surface area contributed by atoms with E-state index < -0.39 is 0 Å². The fraction of sp³-hybridized carbons (Fsp3) is 0.615. The van der Waals surface area contributed by atoms with Gasteiger partial charge in [-0.3, -0.25) is 4.79 Å². The van der Waals surface area contributed by atoms with Gasteiger partial charge in [-0.2, -0.15) is 0 Å². The highest BCUT2D eigenvalue weighted by atomic mass is 16.3. The number of nitrogens with one attached hydrogen (secondary N) is 1. The minimum Gasteiger partial charge on any atom is -0.472 e. The number of carbonyl (C=O) groups excluding carboxylic acids is 1. The molecule has 1 fully saturated rings. The third-order valence-electron chi connectivity index (χ3n) is 3.30. The number of hydrogen-bond acceptors (Lipinski definition) is 3. The molecule has 0 saturated carbocycles. The number of rotatable bonds is 3. The summed E-state index contributed by atoms with van der Waals surface area (Å²) in [5.41, 5.74) is 1.05. The standard InChI is InChI=1S/C13H20N2O2/c1-15(9-11-5-8-17-10-11)13(16)12-3-2-6-14-7-4-12/h5,8,10,12,14H,2-4,6-7,9H2,1H3. The SMILES string of the molecule is CN(Cc1ccoc1)C(=O)C1CCCNCC1. The lowest BCUT2D eigenvalue weighted by atomic mass is 9.99. The lowest BCUT2D eigenvalue weighted by Crippen LogP contribution is -2.32. The molecule has 1 aromatic heterocycles. The molecule has 0 aliphatic carbocycles. The summed E-state index contributed by atoms with van der Waals surface area (Å²) >= 11 is 0. The van der Waals surface area contributed by atoms with Crippen molar-refractivity contribution >= 4 is 5.91 Å². The summed E-state index contributed by atoms with van der Waals surface area (Å²) < 4.78 is 5.01. The van der Waals surface area contributed by atoms with Gasteiger partial charge in [0.15, 0.2) is 0 Å². The van der Waals surface area contributed by atoms with Gasteiger partial charge in [-0.25, -0.2) is 0 Å². The van der Waals surface area contributed by atoms with Crippen molar-refractivity contribution in [3.8, 4) is 0 Å². The van der Waals surface area contributed by atoms with Crippen molar-refractivity contribution in [2.24, 2.45) is 5.92 Å². The minimum atomic E-state index is 0.182. The number of furan rings is 1. The molecule has 1 atom stereocenters. The van der Waals surface area contributed by atoms with Gasteiger partial charge in [0.2, 0.25) is 5.91 Å². The topological polar surface area (TPSA) is 45.5 Å². The van der Waals surface area contributed by atoms with Crippen LogP contribution in [0.4, 0.5) is 0 Å². The second-order valence-electron chi connectivity index (χ2n) is 4.70. The third-order valence-corrected chi connectivity index (χ3v) is 3.30. The summed E-state index contributed by atoms with van der Waals surface area (Å²) in [6, 6.07) is 1.90. The molecule has 1 aromatic rings. The molecular weight excluding hydrogens is 216 g/mol. The summed E-state index contributed by atoms with van der Waals surface area (Å²) in [6.45, 7) is 2.63. The summed E-state index contributed by atoms with van der Waals surface area (Å²) in [7, 11) is 1.87. The first-order valence-electron chi connectivity index (χ1n) is 6.24. The highest BCUT2D eigenvalue weighted by Gasteiger charge is 2.23. The van der Waals surface area contributed by atoms with Crippen molar-refractivity contribution < 1.29 is 9.21 Å². The van der Waals surface area contributed by atoms with Crippen LogP contribution in [0.2, 0.25) is 0 Å². The van der Waals surface area contributed by atoms with Crippen LogP contribution in [-0.2, 0) is 11.3 Å². The van der Waals surface area contributed by atoms with Crippen LogP contribution in [-0.4, -0.2) is 30.9 Å². The van der Waals surface area contributed by atoms with Crippen LogP contribution in [0.5, 0.6) is 0 Å². The molecule has 1 N–H and O–H groups in total. The maximum absolute atomic E-state index is 12.2. The maximum atomic E-state index is 12.2. The van der Waals surface area contributed by atoms with Gasteiger partial charge in [0.1, 0.15) is 0 Å². The molecule has 17 heavy (non-hydrogen) atoms. The second-order valence-corrected chi connectivity index (χ2v) is 4.70. The van der Waals surface area contributed by atoms with E-state index in [0.717, 1.165) is 37.9 Å². The Kier molecular flexibility index (Phi) is 4.20. The Morgan fingerprint density at radius 2 is 2.41 bits per heavy atom. The van der Waals surface area contributed by atoms with Crippen LogP contribution >= 0.6 is 0 Å². The Hall–Kier alpha value is -1.29. The zero-order chi connectivity index (χ0) is 12.1. The molecule has 0 aromatic carbocycles. The van der Waals surface area contributed by atoms with Gasteiger partial charge in [0.05, 0.1) is 12.5 Å². The van der Waals surface area contributed by atoms with Crippen molar-refractivity contribution in [3.63, 3.8) is 0 Å². The van der Waals surface area contributed by atoms with E-state index in [1.165, 1.54) is 0 Å². The van der Waals surface area contributed by atoms with Crippen LogP contribution in [0.25, 0.3) is 0 Å². The molecular formula is C13H20N2O2. The van der Waals surface area contributed by atoms with Crippen molar-refractivity contribution in [1.82, 2.24) is 10.2 Å². The number of hydrogen-bond donors (Lipinski definition) is 1. The van der Waals surface area contributed by atoms with E-state index in [1.54, 1.807) is 17.4 Å². The lowest BCUT2D eigenvalue weighted by Gasteiger charge is -2.22. The molecule has 4 heteroatoms. The summed E-state index contributed by atoms with van der Waals surface area (Å²) in [5.74, 6) is 0.441. The summed E-state index contributed by atoms with van der Waals surface area (Å²) in [5, 5.41) is 3.33. The first kappa shape index (κ1) is 12.2. The first-order chi connectivity index (χ1) is 8.27. The van der Waals surface area contributed by atoms with Gasteiger partial charge in [-0.05, 0) is 38.4 Å². The van der Waals surface area contributed by atoms with Crippen molar-refractivity contribution in [2.75, 3.05) is 20.1 Å². The smallest absolute Gasteiger partial charge is 0.225 e. The van der Waals surface area contributed by atoms with Gasteiger partial charge in [0, 0.05) is 25.1 Å². The van der Waals surface area contributed by atoms with Crippen LogP contribution in [0.1, 0.15) is 24.8 Å². The Morgan fingerprint density at radius 3 is 3.18 bits per heavy atom. The number of nitrogens with zero attached hydrogens (tertiary/aromatic N) is 1. The average molecular weight is 236 g/mol. The van der Waals surface area contributed by atoms with Gasteiger partial charge in [0.25, 0.3) is 0 Å². The quantitative estimate of drug-likeness (QED) is 0.867. The van der Waals surface area contributed by atoms with Crippen LogP contribution in [0.3, 0.4) is 0 Å². The van der Waals surface area contributed by atoms with E-state index >= 15 is 0 Å². The minimum absolute atomic E-state index is 0.182. The fourth-order valence-electron chi connectivity index (χ4n) is 2.31. The Labute approximate surface area is 102 Å². The van der Waals surface area contributed by atoms with E-state index in [0.29, 0.717) is 6.54 Å². The molecule has 4 nitrogen and oxygen atoms in total. The molecule has 1 aliphatic heterocycles.